The molecule has 0 aliphatic carbocycles. The third kappa shape index (κ3) is 3.11. The van der Waals surface area contributed by atoms with E-state index in [0.29, 0.717) is 13.0 Å². The molecule has 106 valence electrons. The van der Waals surface area contributed by atoms with Crippen molar-refractivity contribution in [3.63, 3.8) is 0 Å². The summed E-state index contributed by atoms with van der Waals surface area (Å²) in [6, 6.07) is 16.0. The van der Waals surface area contributed by atoms with Crippen molar-refractivity contribution >= 4 is 27.5 Å². The average Bonchev–Trinajstić information content (AvgIpc) is 2.91. The molecule has 0 unspecified atom stereocenters. The minimum Gasteiger partial charge on any atom is -0.466 e. The highest BCUT2D eigenvalue weighted by molar-refractivity contribution is 7.21. The lowest BCUT2D eigenvalue weighted by Crippen LogP contribution is -2.07. The van der Waals surface area contributed by atoms with E-state index in [-0.39, 0.29) is 5.97 Å². The molecular formula is C17H15NO2S. The molecule has 0 fully saturated rings. The maximum atomic E-state index is 11.6. The van der Waals surface area contributed by atoms with Crippen LogP contribution in [0.25, 0.3) is 20.8 Å². The fourth-order valence-electron chi connectivity index (χ4n) is 2.19. The minimum atomic E-state index is -0.195. The van der Waals surface area contributed by atoms with Crippen molar-refractivity contribution in [3.05, 3.63) is 54.1 Å². The second-order valence-corrected chi connectivity index (χ2v) is 5.70. The molecule has 0 saturated heterocycles. The highest BCUT2D eigenvalue weighted by atomic mass is 32.1. The molecule has 2 aromatic carbocycles. The van der Waals surface area contributed by atoms with Gasteiger partial charge >= 0.3 is 5.97 Å². The molecule has 0 aliphatic rings. The van der Waals surface area contributed by atoms with Gasteiger partial charge in [-0.2, -0.15) is 0 Å². The molecular weight excluding hydrogens is 282 g/mol. The number of fused-ring (bicyclic) bond motifs is 1. The first-order valence-corrected chi connectivity index (χ1v) is 7.68. The van der Waals surface area contributed by atoms with Gasteiger partial charge in [0.15, 0.2) is 0 Å². The van der Waals surface area contributed by atoms with E-state index in [1.165, 1.54) is 4.70 Å². The van der Waals surface area contributed by atoms with E-state index in [0.717, 1.165) is 21.7 Å². The van der Waals surface area contributed by atoms with Crippen molar-refractivity contribution < 1.29 is 9.53 Å². The first-order chi connectivity index (χ1) is 10.3. The van der Waals surface area contributed by atoms with Gasteiger partial charge in [0.1, 0.15) is 5.01 Å². The molecule has 0 saturated carbocycles. The zero-order valence-electron chi connectivity index (χ0n) is 11.7. The summed E-state index contributed by atoms with van der Waals surface area (Å²) in [6.07, 6.45) is 0.298. The molecule has 0 atom stereocenters. The van der Waals surface area contributed by atoms with Crippen LogP contribution in [0.2, 0.25) is 0 Å². The number of benzene rings is 2. The van der Waals surface area contributed by atoms with Crippen molar-refractivity contribution in [2.75, 3.05) is 6.61 Å². The SMILES string of the molecule is CCOC(=O)Cc1cccc(-c2nc3ccccc3s2)c1. The van der Waals surface area contributed by atoms with Gasteiger partial charge in [-0.05, 0) is 30.7 Å². The number of hydrogen-bond donors (Lipinski definition) is 0. The second-order valence-electron chi connectivity index (χ2n) is 4.67. The average molecular weight is 297 g/mol. The van der Waals surface area contributed by atoms with Crippen LogP contribution in [0, 0.1) is 0 Å². The van der Waals surface area contributed by atoms with E-state index >= 15 is 0 Å². The van der Waals surface area contributed by atoms with Crippen molar-refractivity contribution in [2.24, 2.45) is 0 Å². The van der Waals surface area contributed by atoms with Gasteiger partial charge in [-0.3, -0.25) is 4.79 Å². The molecule has 0 N–H and O–H groups in total. The van der Waals surface area contributed by atoms with Crippen LogP contribution in [0.1, 0.15) is 12.5 Å². The monoisotopic (exact) mass is 297 g/mol. The third-order valence-corrected chi connectivity index (χ3v) is 4.21. The molecule has 0 spiro atoms. The predicted molar refractivity (Wildman–Crippen MR) is 85.4 cm³/mol. The Morgan fingerprint density at radius 3 is 2.86 bits per heavy atom. The highest BCUT2D eigenvalue weighted by Gasteiger charge is 2.08. The summed E-state index contributed by atoms with van der Waals surface area (Å²) in [4.78, 5) is 16.2. The number of hydrogen-bond acceptors (Lipinski definition) is 4. The van der Waals surface area contributed by atoms with Gasteiger partial charge < -0.3 is 4.74 Å². The summed E-state index contributed by atoms with van der Waals surface area (Å²) < 4.78 is 6.16. The summed E-state index contributed by atoms with van der Waals surface area (Å²) in [5, 5.41) is 0.974. The largest absolute Gasteiger partial charge is 0.466 e. The maximum Gasteiger partial charge on any atom is 0.310 e. The van der Waals surface area contributed by atoms with Gasteiger partial charge in [-0.25, -0.2) is 4.98 Å². The van der Waals surface area contributed by atoms with Gasteiger partial charge in [-0.1, -0.05) is 30.3 Å². The lowest BCUT2D eigenvalue weighted by atomic mass is 10.1. The van der Waals surface area contributed by atoms with Crippen molar-refractivity contribution in [1.82, 2.24) is 4.98 Å². The Morgan fingerprint density at radius 1 is 1.19 bits per heavy atom. The first-order valence-electron chi connectivity index (χ1n) is 6.87. The van der Waals surface area contributed by atoms with Crippen LogP contribution in [-0.2, 0) is 16.0 Å². The van der Waals surface area contributed by atoms with E-state index in [1.807, 2.05) is 49.4 Å². The molecule has 4 heteroatoms. The van der Waals surface area contributed by atoms with Crippen molar-refractivity contribution in [1.29, 1.82) is 0 Å². The van der Waals surface area contributed by atoms with Crippen LogP contribution in [-0.4, -0.2) is 17.6 Å². The van der Waals surface area contributed by atoms with Gasteiger partial charge in [0.05, 0.1) is 23.2 Å². The van der Waals surface area contributed by atoms with Crippen LogP contribution in [0.15, 0.2) is 48.5 Å². The Hall–Kier alpha value is -2.20. The number of ether oxygens (including phenoxy) is 1. The van der Waals surface area contributed by atoms with E-state index in [1.54, 1.807) is 11.3 Å². The number of rotatable bonds is 4. The number of thiazole rings is 1. The lowest BCUT2D eigenvalue weighted by molar-refractivity contribution is -0.142. The summed E-state index contributed by atoms with van der Waals surface area (Å²) >= 11 is 1.66. The fourth-order valence-corrected chi connectivity index (χ4v) is 3.15. The molecule has 3 nitrogen and oxygen atoms in total. The number of carbonyl (C=O) groups is 1. The van der Waals surface area contributed by atoms with Crippen LogP contribution in [0.5, 0.6) is 0 Å². The topological polar surface area (TPSA) is 39.2 Å². The quantitative estimate of drug-likeness (QED) is 0.681. The van der Waals surface area contributed by atoms with Gasteiger partial charge in [0, 0.05) is 5.56 Å². The third-order valence-electron chi connectivity index (χ3n) is 3.12. The Morgan fingerprint density at radius 2 is 2.05 bits per heavy atom. The smallest absolute Gasteiger partial charge is 0.310 e. The first kappa shape index (κ1) is 13.8. The van der Waals surface area contributed by atoms with Crippen LogP contribution in [0.3, 0.4) is 0 Å². The Labute approximate surface area is 127 Å². The van der Waals surface area contributed by atoms with Crippen molar-refractivity contribution in [2.45, 2.75) is 13.3 Å². The lowest BCUT2D eigenvalue weighted by Gasteiger charge is -2.03. The fraction of sp³-hybridized carbons (Fsp3) is 0.176. The Kier molecular flexibility index (Phi) is 3.97. The number of aromatic nitrogens is 1. The van der Waals surface area contributed by atoms with Crippen LogP contribution in [0.4, 0.5) is 0 Å². The van der Waals surface area contributed by atoms with E-state index in [4.69, 9.17) is 4.74 Å². The van der Waals surface area contributed by atoms with E-state index in [9.17, 15) is 4.79 Å². The number of carbonyl (C=O) groups excluding carboxylic acids is 1. The minimum absolute atomic E-state index is 0.195. The van der Waals surface area contributed by atoms with Gasteiger partial charge in [0.2, 0.25) is 0 Å². The van der Waals surface area contributed by atoms with Crippen LogP contribution >= 0.6 is 11.3 Å². The number of nitrogens with zero attached hydrogens (tertiary/aromatic N) is 1. The predicted octanol–water partition coefficient (Wildman–Crippen LogP) is 4.07. The highest BCUT2D eigenvalue weighted by Crippen LogP contribution is 2.30. The number of esters is 1. The number of para-hydroxylation sites is 1. The molecule has 0 bridgehead atoms. The van der Waals surface area contributed by atoms with Crippen LogP contribution < -0.4 is 0 Å². The summed E-state index contributed by atoms with van der Waals surface area (Å²) in [6.45, 7) is 2.23. The molecule has 0 amide bonds. The Balaban J connectivity index is 1.90. The molecule has 3 aromatic rings. The summed E-state index contributed by atoms with van der Waals surface area (Å²) in [5.41, 5.74) is 3.00. The normalized spacial score (nSPS) is 10.7. The Bertz CT molecular complexity index is 746. The summed E-state index contributed by atoms with van der Waals surface area (Å²) in [7, 11) is 0. The molecule has 3 rings (SSSR count). The second kappa shape index (κ2) is 6.06. The van der Waals surface area contributed by atoms with Gasteiger partial charge in [0.25, 0.3) is 0 Å². The summed E-state index contributed by atoms with van der Waals surface area (Å²) in [5.74, 6) is -0.195. The zero-order valence-corrected chi connectivity index (χ0v) is 12.5. The van der Waals surface area contributed by atoms with Crippen molar-refractivity contribution in [3.8, 4) is 10.6 Å². The van der Waals surface area contributed by atoms with Gasteiger partial charge in [-0.15, -0.1) is 11.3 Å². The molecule has 1 aromatic heterocycles. The zero-order chi connectivity index (χ0) is 14.7. The maximum absolute atomic E-state index is 11.6. The molecule has 0 radical (unpaired) electrons. The van der Waals surface area contributed by atoms with E-state index < -0.39 is 0 Å². The van der Waals surface area contributed by atoms with E-state index in [2.05, 4.69) is 11.1 Å². The standard InChI is InChI=1S/C17H15NO2S/c1-2-20-16(19)11-12-6-5-7-13(10-12)17-18-14-8-3-4-9-15(14)21-17/h3-10H,2,11H2,1H3. The molecule has 1 heterocycles. The molecule has 0 aliphatic heterocycles. The molecule has 21 heavy (non-hydrogen) atoms.